The first-order valence-electron chi connectivity index (χ1n) is 4.73. The van der Waals surface area contributed by atoms with Gasteiger partial charge in [-0.1, -0.05) is 0 Å². The quantitative estimate of drug-likeness (QED) is 0.653. The fourth-order valence-corrected chi connectivity index (χ4v) is 3.43. The number of carbonyl (C=O) groups excluding carboxylic acids is 1. The Bertz CT molecular complexity index is 234. The van der Waals surface area contributed by atoms with Crippen molar-refractivity contribution in [2.45, 2.75) is 32.6 Å². The molecule has 0 aliphatic heterocycles. The van der Waals surface area contributed by atoms with E-state index < -0.39 is 0 Å². The van der Waals surface area contributed by atoms with Gasteiger partial charge in [-0.25, -0.2) is 0 Å². The van der Waals surface area contributed by atoms with Gasteiger partial charge >= 0.3 is 80.9 Å². The van der Waals surface area contributed by atoms with Crippen molar-refractivity contribution in [3.63, 3.8) is 0 Å². The molecule has 0 aromatic rings. The van der Waals surface area contributed by atoms with Gasteiger partial charge in [0.25, 0.3) is 0 Å². The second kappa shape index (κ2) is 3.08. The van der Waals surface area contributed by atoms with E-state index in [0.29, 0.717) is 5.92 Å². The van der Waals surface area contributed by atoms with E-state index >= 15 is 0 Å². The van der Waals surface area contributed by atoms with Crippen LogP contribution in [-0.4, -0.2) is 25.8 Å². The molecule has 2 rings (SSSR count). The summed E-state index contributed by atoms with van der Waals surface area (Å²) >= 11 is 2.97. The van der Waals surface area contributed by atoms with Crippen LogP contribution in [0.5, 0.6) is 0 Å². The van der Waals surface area contributed by atoms with E-state index in [1.807, 2.05) is 0 Å². The number of Topliss-reactive ketones (excluding diaryl/α,β-unsaturated/α-hetero) is 1. The Labute approximate surface area is 81.3 Å². The minimum absolute atomic E-state index is 0.257. The van der Waals surface area contributed by atoms with Crippen LogP contribution < -0.4 is 0 Å². The summed E-state index contributed by atoms with van der Waals surface area (Å²) in [5.74, 6) is 2.62. The maximum atomic E-state index is 11.1. The van der Waals surface area contributed by atoms with E-state index in [1.165, 1.54) is 25.7 Å². The van der Waals surface area contributed by atoms with Crippen LogP contribution in [0.2, 0.25) is 0 Å². The fraction of sp³-hybridized carbons (Fsp3) is 0.800. The van der Waals surface area contributed by atoms with Crippen LogP contribution in [0.3, 0.4) is 0 Å². The first-order chi connectivity index (χ1) is 5.68. The van der Waals surface area contributed by atoms with Crippen LogP contribution in [0.15, 0.2) is 0 Å². The van der Waals surface area contributed by atoms with E-state index in [0.717, 1.165) is 16.3 Å². The standard InChI is InChI=1S/C10H14OSe/c1-6(11)10(12)9-5-7-2-3-8(9)4-7/h7-9H,2-5H2,1H3. The average molecular weight is 229 g/mol. The van der Waals surface area contributed by atoms with Crippen molar-refractivity contribution in [2.24, 2.45) is 17.8 Å². The molecule has 2 heteroatoms. The molecule has 2 bridgehead atoms. The van der Waals surface area contributed by atoms with Gasteiger partial charge in [-0.3, -0.25) is 0 Å². The molecule has 66 valence electrons. The minimum atomic E-state index is 0.257. The Kier molecular flexibility index (Phi) is 2.22. The number of hydrogen-bond acceptors (Lipinski definition) is 1. The van der Waals surface area contributed by atoms with Crippen molar-refractivity contribution in [1.29, 1.82) is 0 Å². The Morgan fingerprint density at radius 1 is 1.33 bits per heavy atom. The summed E-state index contributed by atoms with van der Waals surface area (Å²) in [7, 11) is 0. The monoisotopic (exact) mass is 230 g/mol. The van der Waals surface area contributed by atoms with Crippen LogP contribution >= 0.6 is 0 Å². The fourth-order valence-electron chi connectivity index (χ4n) is 2.83. The van der Waals surface area contributed by atoms with Gasteiger partial charge in [-0.05, 0) is 0 Å². The van der Waals surface area contributed by atoms with E-state index in [-0.39, 0.29) is 5.78 Å². The zero-order chi connectivity index (χ0) is 8.72. The molecule has 3 unspecified atom stereocenters. The zero-order valence-electron chi connectivity index (χ0n) is 7.38. The van der Waals surface area contributed by atoms with Crippen molar-refractivity contribution in [2.75, 3.05) is 0 Å². The molecular weight excluding hydrogens is 215 g/mol. The number of ketones is 1. The third-order valence-corrected chi connectivity index (χ3v) is 4.66. The topological polar surface area (TPSA) is 17.1 Å². The molecule has 0 aromatic heterocycles. The van der Waals surface area contributed by atoms with Crippen molar-refractivity contribution in [3.05, 3.63) is 0 Å². The first kappa shape index (κ1) is 8.65. The first-order valence-corrected chi connectivity index (χ1v) is 5.59. The van der Waals surface area contributed by atoms with Gasteiger partial charge in [-0.15, -0.1) is 0 Å². The average Bonchev–Trinajstić information content (AvgIpc) is 2.62. The second-order valence-electron chi connectivity index (χ2n) is 4.20. The summed E-state index contributed by atoms with van der Waals surface area (Å²) in [6, 6.07) is 0. The molecule has 0 N–H and O–H groups in total. The van der Waals surface area contributed by atoms with Crippen molar-refractivity contribution in [1.82, 2.24) is 0 Å². The predicted octanol–water partition coefficient (Wildman–Crippen LogP) is 1.35. The van der Waals surface area contributed by atoms with Crippen molar-refractivity contribution in [3.8, 4) is 0 Å². The van der Waals surface area contributed by atoms with E-state index in [9.17, 15) is 4.79 Å². The summed E-state index contributed by atoms with van der Waals surface area (Å²) in [6.45, 7) is 1.68. The summed E-state index contributed by atoms with van der Waals surface area (Å²) < 4.78 is 1.02. The molecule has 0 saturated heterocycles. The van der Waals surface area contributed by atoms with Gasteiger partial charge in [-0.2, -0.15) is 0 Å². The Morgan fingerprint density at radius 3 is 2.50 bits per heavy atom. The normalized spacial score (nSPS) is 38.6. The molecule has 2 fully saturated rings. The second-order valence-corrected chi connectivity index (χ2v) is 5.12. The Balaban J connectivity index is 2.07. The van der Waals surface area contributed by atoms with Gasteiger partial charge in [0.05, 0.1) is 0 Å². The summed E-state index contributed by atoms with van der Waals surface area (Å²) in [6.07, 6.45) is 5.41. The SMILES string of the molecule is CC(=O)C(=[Se])C1CC2CCC1C2. The van der Waals surface area contributed by atoms with Crippen LogP contribution in [0, 0.1) is 17.8 Å². The molecule has 0 spiro atoms. The number of rotatable bonds is 2. The van der Waals surface area contributed by atoms with Crippen LogP contribution in [0.4, 0.5) is 0 Å². The molecule has 3 atom stereocenters. The molecule has 0 amide bonds. The molecule has 0 heterocycles. The molecule has 0 radical (unpaired) electrons. The number of carbonyl (C=O) groups is 1. The van der Waals surface area contributed by atoms with E-state index in [2.05, 4.69) is 15.6 Å². The summed E-state index contributed by atoms with van der Waals surface area (Å²) in [5.41, 5.74) is 0. The summed E-state index contributed by atoms with van der Waals surface area (Å²) in [5, 5.41) is 0. The van der Waals surface area contributed by atoms with Crippen molar-refractivity contribution < 1.29 is 4.79 Å². The van der Waals surface area contributed by atoms with E-state index in [1.54, 1.807) is 6.92 Å². The third kappa shape index (κ3) is 1.31. The van der Waals surface area contributed by atoms with Crippen LogP contribution in [0.1, 0.15) is 32.6 Å². The number of fused-ring (bicyclic) bond motifs is 2. The van der Waals surface area contributed by atoms with Gasteiger partial charge in [0.1, 0.15) is 0 Å². The van der Waals surface area contributed by atoms with Gasteiger partial charge < -0.3 is 0 Å². The predicted molar refractivity (Wildman–Crippen MR) is 50.4 cm³/mol. The van der Waals surface area contributed by atoms with Crippen LogP contribution in [-0.2, 0) is 4.79 Å². The number of hydrogen-bond donors (Lipinski definition) is 0. The van der Waals surface area contributed by atoms with Gasteiger partial charge in [0.2, 0.25) is 0 Å². The molecule has 1 nitrogen and oxygen atoms in total. The summed E-state index contributed by atoms with van der Waals surface area (Å²) in [4.78, 5) is 11.1. The molecule has 2 aliphatic rings. The molecule has 0 aromatic carbocycles. The molecule has 2 saturated carbocycles. The van der Waals surface area contributed by atoms with Crippen LogP contribution in [0.25, 0.3) is 0 Å². The maximum absolute atomic E-state index is 11.1. The Hall–Kier alpha value is 0.0595. The van der Waals surface area contributed by atoms with Gasteiger partial charge in [0.15, 0.2) is 0 Å². The molecule has 12 heavy (non-hydrogen) atoms. The molecular formula is C10H14OSe. The van der Waals surface area contributed by atoms with Crippen molar-refractivity contribution >= 4 is 25.8 Å². The zero-order valence-corrected chi connectivity index (χ0v) is 9.09. The Morgan fingerprint density at radius 2 is 2.08 bits per heavy atom. The van der Waals surface area contributed by atoms with Gasteiger partial charge in [0, 0.05) is 0 Å². The molecule has 2 aliphatic carbocycles. The van der Waals surface area contributed by atoms with E-state index in [4.69, 9.17) is 0 Å². The third-order valence-electron chi connectivity index (χ3n) is 3.42.